The molecule has 3 aromatic heterocycles. The number of nitrogens with zero attached hydrogens (tertiary/aromatic N) is 5. The van der Waals surface area contributed by atoms with E-state index < -0.39 is 19.7 Å². The molecule has 39 heavy (non-hydrogen) atoms. The third-order valence-corrected chi connectivity index (χ3v) is 19.4. The first-order valence-electron chi connectivity index (χ1n) is 12.8. The minimum atomic E-state index is -3.02. The van der Waals surface area contributed by atoms with Crippen molar-refractivity contribution in [3.63, 3.8) is 0 Å². The maximum absolute atomic E-state index is 13.5. The Morgan fingerprint density at radius 3 is 2.28 bits per heavy atom. The van der Waals surface area contributed by atoms with Gasteiger partial charge >= 0.3 is 6.61 Å². The Kier molecular flexibility index (Phi) is 8.17. The van der Waals surface area contributed by atoms with Crippen LogP contribution in [-0.2, 0) is 7.05 Å². The number of fused-ring (bicyclic) bond motifs is 1. The number of alkyl halides is 2. The number of benzene rings is 1. The quantitative estimate of drug-likeness (QED) is 0.211. The van der Waals surface area contributed by atoms with Crippen LogP contribution in [0.5, 0.6) is 5.75 Å². The van der Waals surface area contributed by atoms with Gasteiger partial charge in [-0.05, 0) is 40.9 Å². The number of rotatable bonds is 10. The third kappa shape index (κ3) is 5.31. The molecule has 3 heterocycles. The molecule has 0 aliphatic carbocycles. The molecule has 8 nitrogen and oxygen atoms in total. The van der Waals surface area contributed by atoms with Gasteiger partial charge in [0.05, 0.1) is 0 Å². The van der Waals surface area contributed by atoms with Crippen LogP contribution >= 0.6 is 11.2 Å². The summed E-state index contributed by atoms with van der Waals surface area (Å²) < 4.78 is 35.0. The van der Waals surface area contributed by atoms with Crippen LogP contribution in [0.15, 0.2) is 47.8 Å². The maximum atomic E-state index is 13.5. The molecule has 1 amide bonds. The molecule has 0 aliphatic rings. The largest absolute Gasteiger partial charge is 0.434 e. The number of halogens is 2. The van der Waals surface area contributed by atoms with Crippen LogP contribution < -0.4 is 10.5 Å². The van der Waals surface area contributed by atoms with Gasteiger partial charge in [0, 0.05) is 41.7 Å². The Balaban J connectivity index is 1.95. The monoisotopic (exact) mass is 572 g/mol. The van der Waals surface area contributed by atoms with E-state index in [2.05, 4.69) is 56.7 Å². The van der Waals surface area contributed by atoms with Crippen LogP contribution in [0, 0.1) is 0 Å². The second-order valence-electron chi connectivity index (χ2n) is 10.5. The number of aryl methyl sites for hydroxylation is 1. The van der Waals surface area contributed by atoms with Gasteiger partial charge in [-0.1, -0.05) is 41.5 Å². The van der Waals surface area contributed by atoms with Crippen LogP contribution in [0.25, 0.3) is 28.2 Å². The molecule has 4 aromatic rings. The molecular weight excluding hydrogens is 538 g/mol. The zero-order valence-corrected chi connectivity index (χ0v) is 25.0. The smallest absolute Gasteiger partial charge is 0.387 e. The number of primary amides is 1. The lowest BCUT2D eigenvalue weighted by atomic mass is 10.0. The second kappa shape index (κ2) is 11.1. The van der Waals surface area contributed by atoms with Crippen molar-refractivity contribution in [3.8, 4) is 28.3 Å². The van der Waals surface area contributed by atoms with Crippen LogP contribution in [0.1, 0.15) is 51.9 Å². The molecule has 2 N–H and O–H groups in total. The highest BCUT2D eigenvalue weighted by molar-refractivity contribution is 8.29. The Labute approximate surface area is 231 Å². The highest BCUT2D eigenvalue weighted by Gasteiger charge is 2.44. The molecule has 0 spiro atoms. The summed E-state index contributed by atoms with van der Waals surface area (Å²) in [7, 11) is -0.229. The fourth-order valence-corrected chi connectivity index (χ4v) is 14.8. The van der Waals surface area contributed by atoms with E-state index in [9.17, 15) is 13.6 Å². The first kappa shape index (κ1) is 28.7. The van der Waals surface area contributed by atoms with Gasteiger partial charge in [-0.15, -0.1) is 0 Å². The summed E-state index contributed by atoms with van der Waals surface area (Å²) in [5.74, 6) is -0.717. The molecule has 0 aliphatic heterocycles. The van der Waals surface area contributed by atoms with Crippen LogP contribution in [0.4, 0.5) is 8.78 Å². The number of aromatic nitrogens is 5. The van der Waals surface area contributed by atoms with E-state index in [1.807, 2.05) is 23.3 Å². The summed E-state index contributed by atoms with van der Waals surface area (Å²) in [6.07, 6.45) is 4.89. The molecule has 0 fully saturated rings. The molecule has 0 atom stereocenters. The van der Waals surface area contributed by atoms with E-state index in [1.54, 1.807) is 42.5 Å². The number of carbonyl (C=O) groups is 1. The number of ether oxygens (including phenoxy) is 1. The summed E-state index contributed by atoms with van der Waals surface area (Å²) in [5, 5.41) is 9.17. The van der Waals surface area contributed by atoms with Gasteiger partial charge in [0.2, 0.25) is 0 Å². The molecule has 208 valence electrons. The van der Waals surface area contributed by atoms with Gasteiger partial charge in [-0.2, -0.15) is 30.2 Å². The minimum absolute atomic E-state index is 0.0114. The number of nitrogens with two attached hydrogens (primary N) is 1. The zero-order valence-electron chi connectivity index (χ0n) is 23.1. The average molecular weight is 573 g/mol. The molecule has 0 saturated heterocycles. The lowest BCUT2D eigenvalue weighted by Gasteiger charge is -2.42. The highest BCUT2D eigenvalue weighted by Crippen LogP contribution is 2.53. The van der Waals surface area contributed by atoms with Crippen molar-refractivity contribution in [3.05, 3.63) is 48.4 Å². The zero-order chi connectivity index (χ0) is 28.6. The predicted molar refractivity (Wildman–Crippen MR) is 153 cm³/mol. The molecular formula is C27H34F2N6O2SSi. The van der Waals surface area contributed by atoms with Crippen molar-refractivity contribution < 1.29 is 18.3 Å². The van der Waals surface area contributed by atoms with Gasteiger partial charge in [0.15, 0.2) is 5.65 Å². The molecule has 0 radical (unpaired) electrons. The van der Waals surface area contributed by atoms with E-state index in [1.165, 1.54) is 4.52 Å². The van der Waals surface area contributed by atoms with Crippen molar-refractivity contribution in [1.29, 1.82) is 0 Å². The first-order chi connectivity index (χ1) is 18.4. The van der Waals surface area contributed by atoms with Crippen molar-refractivity contribution in [2.75, 3.05) is 0 Å². The number of hydrogen-bond donors (Lipinski definition) is 1. The molecule has 12 heteroatoms. The fourth-order valence-electron chi connectivity index (χ4n) is 5.68. The van der Waals surface area contributed by atoms with Crippen LogP contribution in [0.3, 0.4) is 0 Å². The van der Waals surface area contributed by atoms with E-state index in [0.29, 0.717) is 39.1 Å². The molecule has 1 aromatic carbocycles. The third-order valence-electron chi connectivity index (χ3n) is 7.15. The maximum Gasteiger partial charge on any atom is 0.387 e. The number of amides is 1. The second-order valence-corrected chi connectivity index (χ2v) is 19.1. The van der Waals surface area contributed by atoms with Crippen LogP contribution in [0.2, 0.25) is 16.6 Å². The Bertz CT molecular complexity index is 1480. The lowest BCUT2D eigenvalue weighted by molar-refractivity contribution is -0.0494. The first-order valence-corrected chi connectivity index (χ1v) is 16.6. The van der Waals surface area contributed by atoms with Crippen molar-refractivity contribution in [2.24, 2.45) is 12.8 Å². The molecule has 4 rings (SSSR count). The van der Waals surface area contributed by atoms with Gasteiger partial charge < -0.3 is 10.5 Å². The van der Waals surface area contributed by atoms with E-state index in [0.717, 1.165) is 4.90 Å². The Morgan fingerprint density at radius 1 is 1.03 bits per heavy atom. The molecule has 0 unspecified atom stereocenters. The Morgan fingerprint density at radius 2 is 1.69 bits per heavy atom. The molecule has 0 saturated carbocycles. The van der Waals surface area contributed by atoms with Gasteiger partial charge in [-0.3, -0.25) is 9.48 Å². The standard InChI is InChI=1S/C27H34F2N6O2SSi/c1-15(2)39(16(3)4,17(5)6)38-18-9-10-21(37-27(28)29)19(13-18)23-20(14-34(7)32-23)24-22(25(30)36)26-31-11-8-12-35(26)33-24/h8-17,27H,1-7H3,(H2,30,36). The van der Waals surface area contributed by atoms with Gasteiger partial charge in [0.25, 0.3) is 5.91 Å². The summed E-state index contributed by atoms with van der Waals surface area (Å²) in [6, 6.07) is 6.96. The van der Waals surface area contributed by atoms with Crippen LogP contribution in [-0.4, -0.2) is 44.1 Å². The number of carbonyl (C=O) groups excluding carboxylic acids is 1. The fraction of sp³-hybridized carbons (Fsp3) is 0.407. The molecule has 0 bridgehead atoms. The van der Waals surface area contributed by atoms with Crippen molar-refractivity contribution in [2.45, 2.75) is 69.7 Å². The summed E-state index contributed by atoms with van der Waals surface area (Å²) >= 11 is 1.87. The Hall–Kier alpha value is -3.25. The van der Waals surface area contributed by atoms with E-state index >= 15 is 0 Å². The van der Waals surface area contributed by atoms with Gasteiger partial charge in [-0.25, -0.2) is 9.50 Å². The minimum Gasteiger partial charge on any atom is -0.434 e. The summed E-state index contributed by atoms with van der Waals surface area (Å²) in [5.41, 5.74) is 9.08. The highest BCUT2D eigenvalue weighted by atomic mass is 32.4. The van der Waals surface area contributed by atoms with Crippen molar-refractivity contribution >= 4 is 30.0 Å². The summed E-state index contributed by atoms with van der Waals surface area (Å²) in [4.78, 5) is 17.7. The predicted octanol–water partition coefficient (Wildman–Crippen LogP) is 6.76. The SMILES string of the molecule is CC(C)[Si](Sc1ccc(OC(F)F)c(-c2nn(C)cc2-c2nn3cccnc3c2C(N)=O)c1)(C(C)C)C(C)C. The van der Waals surface area contributed by atoms with Crippen molar-refractivity contribution in [1.82, 2.24) is 24.4 Å². The van der Waals surface area contributed by atoms with E-state index in [4.69, 9.17) is 10.5 Å². The van der Waals surface area contributed by atoms with E-state index in [-0.39, 0.29) is 17.0 Å². The number of hydrogen-bond acceptors (Lipinski definition) is 6. The van der Waals surface area contributed by atoms with Gasteiger partial charge in [0.1, 0.15) is 29.9 Å². The summed E-state index contributed by atoms with van der Waals surface area (Å²) in [6.45, 7) is 10.6. The normalized spacial score (nSPS) is 12.4. The average Bonchev–Trinajstić information content (AvgIpc) is 3.42. The lowest BCUT2D eigenvalue weighted by Crippen LogP contribution is -2.40. The topological polar surface area (TPSA) is 100 Å².